The van der Waals surface area contributed by atoms with Crippen LogP contribution in [0.25, 0.3) is 33.4 Å². The van der Waals surface area contributed by atoms with Gasteiger partial charge in [0.05, 0.1) is 5.56 Å². The van der Waals surface area contributed by atoms with Crippen molar-refractivity contribution in [2.75, 3.05) is 7.05 Å². The first kappa shape index (κ1) is 22.1. The normalized spacial score (nSPS) is 13.9. The zero-order valence-electron chi connectivity index (χ0n) is 19.1. The van der Waals surface area contributed by atoms with Crippen LogP contribution in [0.3, 0.4) is 0 Å². The molecule has 1 fully saturated rings. The second-order valence-corrected chi connectivity index (χ2v) is 8.96. The highest BCUT2D eigenvalue weighted by Crippen LogP contribution is 2.36. The van der Waals surface area contributed by atoms with Crippen molar-refractivity contribution in [2.24, 2.45) is 5.92 Å². The lowest BCUT2D eigenvalue weighted by Gasteiger charge is -2.09. The van der Waals surface area contributed by atoms with Gasteiger partial charge in [-0.25, -0.2) is 4.39 Å². The summed E-state index contributed by atoms with van der Waals surface area (Å²) in [5.74, 6) is 0.440. The second kappa shape index (κ2) is 9.26. The molecule has 5 rings (SSSR count). The molecule has 1 aliphatic rings. The molecule has 1 saturated carbocycles. The van der Waals surface area contributed by atoms with Crippen LogP contribution in [-0.4, -0.2) is 18.7 Å². The van der Waals surface area contributed by atoms with Crippen LogP contribution >= 0.6 is 0 Å². The summed E-state index contributed by atoms with van der Waals surface area (Å²) in [4.78, 5) is 25.7. The summed E-state index contributed by atoms with van der Waals surface area (Å²) in [6.07, 6.45) is 5.32. The number of furan rings is 1. The Balaban J connectivity index is 1.54. The Morgan fingerprint density at radius 3 is 2.38 bits per heavy atom. The van der Waals surface area contributed by atoms with Gasteiger partial charge < -0.3 is 9.73 Å². The van der Waals surface area contributed by atoms with Crippen LogP contribution in [0.4, 0.5) is 4.39 Å². The van der Waals surface area contributed by atoms with E-state index in [-0.39, 0.29) is 17.5 Å². The number of ketones is 1. The molecule has 4 nitrogen and oxygen atoms in total. The quantitative estimate of drug-likeness (QED) is 0.318. The number of hydrogen-bond acceptors (Lipinski definition) is 3. The number of carbonyl (C=O) groups excluding carboxylic acids is 2. The highest BCUT2D eigenvalue weighted by molar-refractivity contribution is 6.11. The van der Waals surface area contributed by atoms with Gasteiger partial charge in [0.2, 0.25) is 0 Å². The molecule has 0 aliphatic heterocycles. The first-order chi connectivity index (χ1) is 16.5. The average molecular weight is 456 g/mol. The van der Waals surface area contributed by atoms with E-state index in [0.29, 0.717) is 40.2 Å². The third kappa shape index (κ3) is 4.26. The van der Waals surface area contributed by atoms with Crippen LogP contribution < -0.4 is 5.32 Å². The van der Waals surface area contributed by atoms with Crippen molar-refractivity contribution < 1.29 is 18.4 Å². The molecule has 0 atom stereocenters. The Labute approximate surface area is 197 Å². The first-order valence-corrected chi connectivity index (χ1v) is 11.7. The van der Waals surface area contributed by atoms with Gasteiger partial charge in [0, 0.05) is 30.0 Å². The maximum absolute atomic E-state index is 13.4. The molecule has 0 radical (unpaired) electrons. The van der Waals surface area contributed by atoms with E-state index in [1.165, 1.54) is 25.0 Å². The molecule has 5 heteroatoms. The van der Waals surface area contributed by atoms with Crippen LogP contribution in [0, 0.1) is 11.7 Å². The zero-order chi connectivity index (χ0) is 23.7. The fourth-order valence-corrected chi connectivity index (χ4v) is 4.90. The minimum Gasteiger partial charge on any atom is -0.455 e. The molecular formula is C29H26FNO3. The van der Waals surface area contributed by atoms with E-state index in [1.54, 1.807) is 19.2 Å². The van der Waals surface area contributed by atoms with Gasteiger partial charge >= 0.3 is 0 Å². The topological polar surface area (TPSA) is 59.3 Å². The third-order valence-electron chi connectivity index (χ3n) is 6.72. The minimum atomic E-state index is -0.356. The Bertz CT molecular complexity index is 1360. The van der Waals surface area contributed by atoms with Crippen LogP contribution in [0.1, 0.15) is 52.8 Å². The Kier molecular flexibility index (Phi) is 6.01. The van der Waals surface area contributed by atoms with Crippen molar-refractivity contribution in [3.63, 3.8) is 0 Å². The number of carbonyl (C=O) groups is 2. The van der Waals surface area contributed by atoms with E-state index < -0.39 is 0 Å². The highest BCUT2D eigenvalue weighted by Gasteiger charge is 2.23. The molecule has 3 aromatic carbocycles. The van der Waals surface area contributed by atoms with Gasteiger partial charge in [-0.15, -0.1) is 0 Å². The van der Waals surface area contributed by atoms with Crippen molar-refractivity contribution >= 4 is 22.7 Å². The summed E-state index contributed by atoms with van der Waals surface area (Å²) < 4.78 is 19.5. The van der Waals surface area contributed by atoms with Crippen LogP contribution in [0.2, 0.25) is 0 Å². The maximum Gasteiger partial charge on any atom is 0.255 e. The average Bonchev–Trinajstić information content (AvgIpc) is 3.51. The van der Waals surface area contributed by atoms with E-state index >= 15 is 0 Å². The summed E-state index contributed by atoms with van der Waals surface area (Å²) in [7, 11) is 1.57. The number of rotatable bonds is 6. The van der Waals surface area contributed by atoms with Crippen molar-refractivity contribution in [2.45, 2.75) is 32.1 Å². The standard InChI is InChI=1S/C29H26FNO3/c1-31-29(33)27-24-17-21(11-14-26(24)34-28(27)19-9-12-23(30)13-10-19)20-7-4-8-22(16-20)25(32)15-18-5-2-3-6-18/h4,7-14,16-18H,2-3,5-6,15H2,1H3,(H,31,33). The molecular weight excluding hydrogens is 429 g/mol. The van der Waals surface area contributed by atoms with Gasteiger partial charge in [-0.1, -0.05) is 49.9 Å². The van der Waals surface area contributed by atoms with Crippen molar-refractivity contribution in [3.8, 4) is 22.5 Å². The molecule has 0 unspecified atom stereocenters. The molecule has 1 heterocycles. The van der Waals surface area contributed by atoms with Crippen molar-refractivity contribution in [1.29, 1.82) is 0 Å². The lowest BCUT2D eigenvalue weighted by Crippen LogP contribution is -2.18. The number of fused-ring (bicyclic) bond motifs is 1. The number of Topliss-reactive ketones (excluding diaryl/α,β-unsaturated/α-hetero) is 1. The van der Waals surface area contributed by atoms with Crippen LogP contribution in [-0.2, 0) is 0 Å². The number of hydrogen-bond donors (Lipinski definition) is 1. The maximum atomic E-state index is 13.4. The molecule has 4 aromatic rings. The first-order valence-electron chi connectivity index (χ1n) is 11.7. The molecule has 1 aromatic heterocycles. The van der Waals surface area contributed by atoms with E-state index in [4.69, 9.17) is 4.42 Å². The number of benzene rings is 3. The summed E-state index contributed by atoms with van der Waals surface area (Å²) in [5.41, 5.74) is 4.10. The largest absolute Gasteiger partial charge is 0.455 e. The number of halogens is 1. The Morgan fingerprint density at radius 1 is 0.941 bits per heavy atom. The Morgan fingerprint density at radius 2 is 1.65 bits per heavy atom. The lowest BCUT2D eigenvalue weighted by atomic mass is 9.94. The molecule has 172 valence electrons. The van der Waals surface area contributed by atoms with E-state index in [9.17, 15) is 14.0 Å². The van der Waals surface area contributed by atoms with Crippen molar-refractivity contribution in [3.05, 3.63) is 83.7 Å². The van der Waals surface area contributed by atoms with Gasteiger partial charge in [-0.05, 0) is 59.5 Å². The monoisotopic (exact) mass is 455 g/mol. The van der Waals surface area contributed by atoms with E-state index in [2.05, 4.69) is 5.32 Å². The van der Waals surface area contributed by atoms with Crippen molar-refractivity contribution in [1.82, 2.24) is 5.32 Å². The second-order valence-electron chi connectivity index (χ2n) is 8.96. The highest BCUT2D eigenvalue weighted by atomic mass is 19.1. The minimum absolute atomic E-state index is 0.183. The third-order valence-corrected chi connectivity index (χ3v) is 6.72. The fraction of sp³-hybridized carbons (Fsp3) is 0.241. The van der Waals surface area contributed by atoms with Crippen LogP contribution in [0.15, 0.2) is 71.1 Å². The summed E-state index contributed by atoms with van der Waals surface area (Å²) >= 11 is 0. The van der Waals surface area contributed by atoms with Gasteiger partial charge in [0.15, 0.2) is 5.78 Å². The zero-order valence-corrected chi connectivity index (χ0v) is 19.1. The van der Waals surface area contributed by atoms with Gasteiger partial charge in [-0.2, -0.15) is 0 Å². The number of nitrogens with one attached hydrogen (secondary N) is 1. The van der Waals surface area contributed by atoms with Gasteiger partial charge in [-0.3, -0.25) is 9.59 Å². The molecule has 1 N–H and O–H groups in total. The predicted octanol–water partition coefficient (Wildman–Crippen LogP) is 7.03. The van der Waals surface area contributed by atoms with Crippen LogP contribution in [0.5, 0.6) is 0 Å². The summed E-state index contributed by atoms with van der Waals surface area (Å²) in [5, 5.41) is 3.35. The Hall–Kier alpha value is -3.73. The molecule has 34 heavy (non-hydrogen) atoms. The molecule has 1 aliphatic carbocycles. The molecule has 0 spiro atoms. The summed E-state index contributed by atoms with van der Waals surface area (Å²) in [6, 6.07) is 19.2. The predicted molar refractivity (Wildman–Crippen MR) is 131 cm³/mol. The molecule has 1 amide bonds. The van der Waals surface area contributed by atoms with E-state index in [1.807, 2.05) is 42.5 Å². The lowest BCUT2D eigenvalue weighted by molar-refractivity contribution is 0.0955. The molecule has 0 bridgehead atoms. The fourth-order valence-electron chi connectivity index (χ4n) is 4.90. The smallest absolute Gasteiger partial charge is 0.255 e. The SMILES string of the molecule is CNC(=O)c1c(-c2ccc(F)cc2)oc2ccc(-c3cccc(C(=O)CC4CCCC4)c3)cc12. The van der Waals surface area contributed by atoms with Gasteiger partial charge in [0.25, 0.3) is 5.91 Å². The molecule has 0 saturated heterocycles. The van der Waals surface area contributed by atoms with Gasteiger partial charge in [0.1, 0.15) is 17.2 Å². The summed E-state index contributed by atoms with van der Waals surface area (Å²) in [6.45, 7) is 0. The number of amides is 1. The van der Waals surface area contributed by atoms with E-state index in [0.717, 1.165) is 29.5 Å².